The monoisotopic (exact) mass is 646 g/mol. The summed E-state index contributed by atoms with van der Waals surface area (Å²) < 4.78 is 35.4. The lowest BCUT2D eigenvalue weighted by molar-refractivity contribution is -0.209. The molecule has 1 aromatic heterocycles. The number of benzene rings is 3. The lowest BCUT2D eigenvalue weighted by Gasteiger charge is -2.38. The van der Waals surface area contributed by atoms with Gasteiger partial charge in [0.15, 0.2) is 6.61 Å². The maximum absolute atomic E-state index is 14.9. The molecule has 0 bridgehead atoms. The molecule has 0 unspecified atom stereocenters. The number of halogens is 1. The molecule has 13 heteroatoms. The van der Waals surface area contributed by atoms with Gasteiger partial charge in [0.2, 0.25) is 5.82 Å². The van der Waals surface area contributed by atoms with Crippen LogP contribution in [0, 0.1) is 11.7 Å². The number of nitrogens with zero attached hydrogens (tertiary/aromatic N) is 3. The third-order valence-corrected chi connectivity index (χ3v) is 7.53. The molecule has 1 amide bonds. The molecule has 1 aliphatic rings. The van der Waals surface area contributed by atoms with E-state index in [1.807, 2.05) is 68.4 Å². The van der Waals surface area contributed by atoms with E-state index in [9.17, 15) is 23.9 Å². The number of piperidine rings is 1. The van der Waals surface area contributed by atoms with Gasteiger partial charge >= 0.3 is 12.3 Å². The molecule has 3 aromatic carbocycles. The van der Waals surface area contributed by atoms with E-state index in [0.29, 0.717) is 48.7 Å². The first-order valence-corrected chi connectivity index (χ1v) is 15.1. The zero-order valence-corrected chi connectivity index (χ0v) is 26.0. The number of rotatable bonds is 11. The Morgan fingerprint density at radius 3 is 2.34 bits per heavy atom. The lowest BCUT2D eigenvalue weighted by Crippen LogP contribution is -2.49. The number of ether oxygens (including phenoxy) is 3. The minimum atomic E-state index is -1.72. The van der Waals surface area contributed by atoms with Crippen LogP contribution in [0.4, 0.5) is 14.0 Å². The van der Waals surface area contributed by atoms with Crippen molar-refractivity contribution < 1.29 is 42.6 Å². The highest BCUT2D eigenvalue weighted by molar-refractivity contribution is 5.79. The second-order valence-electron chi connectivity index (χ2n) is 11.6. The summed E-state index contributed by atoms with van der Waals surface area (Å²) in [6, 6.07) is 21.6. The van der Waals surface area contributed by atoms with Crippen LogP contribution in [0.25, 0.3) is 34.0 Å². The SMILES string of the molecule is CC(C)CNC(=O)COC(=O)OC1(OC(=O)O)CCN(Cc2ccc(-c3noc(-c4ccc(-c5ccccc5)c(F)c4)n3)cc2)CC1. The fourth-order valence-corrected chi connectivity index (χ4v) is 5.09. The van der Waals surface area contributed by atoms with Crippen LogP contribution in [-0.2, 0) is 25.5 Å². The average molecular weight is 647 g/mol. The van der Waals surface area contributed by atoms with Crippen LogP contribution >= 0.6 is 0 Å². The minimum absolute atomic E-state index is 0.0740. The van der Waals surface area contributed by atoms with E-state index < -0.39 is 36.4 Å². The van der Waals surface area contributed by atoms with E-state index in [-0.39, 0.29) is 24.7 Å². The summed E-state index contributed by atoms with van der Waals surface area (Å²) >= 11 is 0. The molecular weight excluding hydrogens is 611 g/mol. The van der Waals surface area contributed by atoms with Crippen molar-refractivity contribution in [1.29, 1.82) is 0 Å². The van der Waals surface area contributed by atoms with Crippen LogP contribution in [0.2, 0.25) is 0 Å². The standard InChI is InChI=1S/C34H35FN4O8/c1-22(2)19-36-29(40)21-44-33(43)46-34(45-32(41)42)14-16-39(17-15-34)20-23-8-10-25(11-9-23)30-37-31(47-38-30)26-12-13-27(28(35)18-26)24-6-4-3-5-7-24/h3-13,18,22H,14-17,19-21H2,1-2H3,(H,36,40)(H,41,42). The van der Waals surface area contributed by atoms with Gasteiger partial charge in [0.1, 0.15) is 5.82 Å². The Kier molecular flexibility index (Phi) is 10.5. The number of likely N-dealkylation sites (tertiary alicyclic amines) is 1. The maximum atomic E-state index is 14.9. The first-order chi connectivity index (χ1) is 22.6. The zero-order chi connectivity index (χ0) is 33.4. The second kappa shape index (κ2) is 14.9. The van der Waals surface area contributed by atoms with Crippen molar-refractivity contribution in [2.24, 2.45) is 5.92 Å². The Morgan fingerprint density at radius 2 is 1.68 bits per heavy atom. The highest BCUT2D eigenvalue weighted by Gasteiger charge is 2.43. The van der Waals surface area contributed by atoms with Crippen molar-refractivity contribution in [2.45, 2.75) is 39.0 Å². The Balaban J connectivity index is 1.15. The van der Waals surface area contributed by atoms with Crippen molar-refractivity contribution in [3.05, 3.63) is 84.2 Å². The molecule has 47 heavy (non-hydrogen) atoms. The van der Waals surface area contributed by atoms with Crippen LogP contribution in [0.5, 0.6) is 0 Å². The topological polar surface area (TPSA) is 153 Å². The molecule has 2 N–H and O–H groups in total. The smallest absolute Gasteiger partial charge is 0.450 e. The van der Waals surface area contributed by atoms with E-state index in [4.69, 9.17) is 18.7 Å². The molecule has 1 fully saturated rings. The van der Waals surface area contributed by atoms with Crippen LogP contribution in [-0.4, -0.2) is 70.4 Å². The molecule has 12 nitrogen and oxygen atoms in total. The molecule has 0 radical (unpaired) electrons. The Labute approximate surface area is 270 Å². The van der Waals surface area contributed by atoms with Gasteiger partial charge in [-0.3, -0.25) is 9.69 Å². The molecule has 0 spiro atoms. The lowest BCUT2D eigenvalue weighted by atomic mass is 10.0. The number of amides is 1. The van der Waals surface area contributed by atoms with Gasteiger partial charge in [-0.25, -0.2) is 14.0 Å². The van der Waals surface area contributed by atoms with Gasteiger partial charge in [0.25, 0.3) is 17.6 Å². The number of carbonyl (C=O) groups excluding carboxylic acids is 2. The Hall–Kier alpha value is -5.30. The molecule has 0 aliphatic carbocycles. The van der Waals surface area contributed by atoms with Gasteiger partial charge in [0.05, 0.1) is 0 Å². The zero-order valence-electron chi connectivity index (χ0n) is 26.0. The van der Waals surface area contributed by atoms with Gasteiger partial charge in [-0.1, -0.05) is 79.7 Å². The largest absolute Gasteiger partial charge is 0.512 e. The van der Waals surface area contributed by atoms with Crippen LogP contribution in [0.15, 0.2) is 77.3 Å². The van der Waals surface area contributed by atoms with E-state index in [2.05, 4.69) is 20.4 Å². The minimum Gasteiger partial charge on any atom is -0.450 e. The first kappa shape index (κ1) is 33.1. The van der Waals surface area contributed by atoms with Gasteiger partial charge < -0.3 is 29.2 Å². The first-order valence-electron chi connectivity index (χ1n) is 15.1. The Bertz CT molecular complexity index is 1690. The van der Waals surface area contributed by atoms with Crippen LogP contribution < -0.4 is 5.32 Å². The predicted molar refractivity (Wildman–Crippen MR) is 167 cm³/mol. The summed E-state index contributed by atoms with van der Waals surface area (Å²) in [4.78, 5) is 42.0. The molecule has 1 aliphatic heterocycles. The maximum Gasteiger partial charge on any atom is 0.512 e. The number of carbonyl (C=O) groups is 3. The fourth-order valence-electron chi connectivity index (χ4n) is 5.09. The van der Waals surface area contributed by atoms with Gasteiger partial charge in [-0.05, 0) is 29.2 Å². The molecule has 0 saturated carbocycles. The third kappa shape index (κ3) is 8.91. The van der Waals surface area contributed by atoms with Crippen LogP contribution in [0.3, 0.4) is 0 Å². The summed E-state index contributed by atoms with van der Waals surface area (Å²) in [6.45, 7) is 4.99. The van der Waals surface area contributed by atoms with Crippen molar-refractivity contribution >= 4 is 18.2 Å². The van der Waals surface area contributed by atoms with Crippen LogP contribution in [0.1, 0.15) is 32.3 Å². The second-order valence-corrected chi connectivity index (χ2v) is 11.6. The van der Waals surface area contributed by atoms with E-state index in [1.54, 1.807) is 12.1 Å². The van der Waals surface area contributed by atoms with Crippen molar-refractivity contribution in [1.82, 2.24) is 20.4 Å². The number of hydrogen-bond acceptors (Lipinski definition) is 10. The number of nitrogens with one attached hydrogen (secondary N) is 1. The normalized spacial score (nSPS) is 14.4. The quantitative estimate of drug-likeness (QED) is 0.143. The highest BCUT2D eigenvalue weighted by atomic mass is 19.1. The van der Waals surface area contributed by atoms with Gasteiger partial charge in [-0.15, -0.1) is 0 Å². The third-order valence-electron chi connectivity index (χ3n) is 7.53. The number of carboxylic acid groups (broad SMARTS) is 1. The molecule has 5 rings (SSSR count). The predicted octanol–water partition coefficient (Wildman–Crippen LogP) is 6.12. The van der Waals surface area contributed by atoms with E-state index in [0.717, 1.165) is 11.1 Å². The summed E-state index contributed by atoms with van der Waals surface area (Å²) in [7, 11) is 0. The van der Waals surface area contributed by atoms with E-state index in [1.165, 1.54) is 6.07 Å². The number of hydrogen-bond donors (Lipinski definition) is 2. The van der Waals surface area contributed by atoms with Gasteiger partial charge in [0, 0.05) is 55.7 Å². The molecular formula is C34H35FN4O8. The van der Waals surface area contributed by atoms with E-state index >= 15 is 0 Å². The molecule has 246 valence electrons. The molecule has 1 saturated heterocycles. The highest BCUT2D eigenvalue weighted by Crippen LogP contribution is 2.31. The number of aromatic nitrogens is 2. The molecule has 2 heterocycles. The van der Waals surface area contributed by atoms with Crippen molar-refractivity contribution in [3.63, 3.8) is 0 Å². The van der Waals surface area contributed by atoms with Gasteiger partial charge in [-0.2, -0.15) is 4.98 Å². The average Bonchev–Trinajstić information content (AvgIpc) is 3.55. The summed E-state index contributed by atoms with van der Waals surface area (Å²) in [6.07, 6.45) is -2.63. The summed E-state index contributed by atoms with van der Waals surface area (Å²) in [5.41, 5.74) is 3.40. The molecule has 0 atom stereocenters. The summed E-state index contributed by atoms with van der Waals surface area (Å²) in [5.74, 6) is -1.83. The Morgan fingerprint density at radius 1 is 0.979 bits per heavy atom. The fraction of sp³-hybridized carbons (Fsp3) is 0.324. The molecule has 4 aromatic rings. The summed E-state index contributed by atoms with van der Waals surface area (Å²) in [5, 5.41) is 16.0. The van der Waals surface area contributed by atoms with Crippen molar-refractivity contribution in [2.75, 3.05) is 26.2 Å². The van der Waals surface area contributed by atoms with Crippen molar-refractivity contribution in [3.8, 4) is 34.0 Å².